The van der Waals surface area contributed by atoms with E-state index >= 15 is 0 Å². The number of phenols is 1. The third-order valence-corrected chi connectivity index (χ3v) is 3.89. The lowest BCUT2D eigenvalue weighted by atomic mass is 10.3. The summed E-state index contributed by atoms with van der Waals surface area (Å²) in [4.78, 5) is 8.51. The van der Waals surface area contributed by atoms with Gasteiger partial charge in [-0.25, -0.2) is 0 Å². The fourth-order valence-corrected chi connectivity index (χ4v) is 2.66. The molecule has 5 heteroatoms. The molecule has 4 rings (SSSR count). The van der Waals surface area contributed by atoms with Crippen molar-refractivity contribution in [2.24, 2.45) is 0 Å². The molecule has 5 nitrogen and oxygen atoms in total. The highest BCUT2D eigenvalue weighted by Crippen LogP contribution is 2.30. The van der Waals surface area contributed by atoms with Crippen LogP contribution in [0.15, 0.2) is 85.2 Å². The van der Waals surface area contributed by atoms with Gasteiger partial charge in [0.05, 0.1) is 5.69 Å². The highest BCUT2D eigenvalue weighted by atomic mass is 16.5. The van der Waals surface area contributed by atoms with Crippen LogP contribution < -0.4 is 14.5 Å². The van der Waals surface area contributed by atoms with Crippen molar-refractivity contribution in [2.75, 3.05) is 16.5 Å². The van der Waals surface area contributed by atoms with Crippen LogP contribution in [0.5, 0.6) is 17.4 Å². The highest BCUT2D eigenvalue weighted by molar-refractivity contribution is 5.63. The summed E-state index contributed by atoms with van der Waals surface area (Å²) in [5, 5.41) is 10.0. The molecular formula is C20H17N3O2. The predicted octanol–water partition coefficient (Wildman–Crippen LogP) is 4.33. The molecule has 0 bridgehead atoms. The van der Waals surface area contributed by atoms with Crippen molar-refractivity contribution in [1.29, 1.82) is 0 Å². The predicted molar refractivity (Wildman–Crippen MR) is 97.8 cm³/mol. The number of benzene rings is 2. The number of ether oxygens (including phenoxy) is 1. The first kappa shape index (κ1) is 15.1. The molecule has 0 spiro atoms. The Kier molecular flexibility index (Phi) is 3.96. The van der Waals surface area contributed by atoms with Gasteiger partial charge in [-0.15, -0.1) is 0 Å². The first-order valence-electron chi connectivity index (χ1n) is 7.99. The van der Waals surface area contributed by atoms with E-state index in [-0.39, 0.29) is 5.75 Å². The molecule has 0 saturated carbocycles. The van der Waals surface area contributed by atoms with Crippen molar-refractivity contribution in [1.82, 2.24) is 4.98 Å². The van der Waals surface area contributed by atoms with Crippen LogP contribution in [0.25, 0.3) is 0 Å². The van der Waals surface area contributed by atoms with Gasteiger partial charge in [0.1, 0.15) is 24.0 Å². The average Bonchev–Trinajstić information content (AvgIpc) is 3.13. The van der Waals surface area contributed by atoms with Crippen LogP contribution in [0.3, 0.4) is 0 Å². The lowest BCUT2D eigenvalue weighted by Crippen LogP contribution is -2.25. The maximum atomic E-state index is 10.0. The van der Waals surface area contributed by atoms with Gasteiger partial charge in [0.2, 0.25) is 5.88 Å². The number of aromatic nitrogens is 1. The Balaban J connectivity index is 1.51. The number of hydrogen-bond donors (Lipinski definition) is 1. The number of para-hydroxylation sites is 3. The quantitative estimate of drug-likeness (QED) is 0.771. The van der Waals surface area contributed by atoms with Gasteiger partial charge in [0.25, 0.3) is 0 Å². The minimum atomic E-state index is 0.253. The van der Waals surface area contributed by atoms with Crippen molar-refractivity contribution in [3.63, 3.8) is 0 Å². The Morgan fingerprint density at radius 2 is 1.56 bits per heavy atom. The average molecular weight is 331 g/mol. The first-order chi connectivity index (χ1) is 12.3. The lowest BCUT2D eigenvalue weighted by Gasteiger charge is -2.21. The van der Waals surface area contributed by atoms with Crippen LogP contribution in [0.2, 0.25) is 0 Å². The molecule has 2 aromatic carbocycles. The zero-order chi connectivity index (χ0) is 17.1. The standard InChI is InChI=1S/C20H17N3O2/c24-18-10-5-4-9-17(18)22-13-14-23(15-22)19-11-6-12-20(21-19)25-16-7-2-1-3-8-16/h1-14,24H,15H2. The molecule has 3 aromatic rings. The number of nitrogens with zero attached hydrogens (tertiary/aromatic N) is 3. The van der Waals surface area contributed by atoms with Gasteiger partial charge in [-0.1, -0.05) is 36.4 Å². The van der Waals surface area contributed by atoms with Gasteiger partial charge in [0.15, 0.2) is 0 Å². The fraction of sp³-hybridized carbons (Fsp3) is 0.0500. The Hall–Kier alpha value is -3.47. The molecule has 124 valence electrons. The molecule has 1 aromatic heterocycles. The molecule has 0 atom stereocenters. The molecule has 0 amide bonds. The second-order valence-electron chi connectivity index (χ2n) is 5.62. The summed E-state index contributed by atoms with van der Waals surface area (Å²) >= 11 is 0. The maximum absolute atomic E-state index is 10.0. The molecule has 0 fully saturated rings. The third kappa shape index (κ3) is 3.26. The van der Waals surface area contributed by atoms with E-state index < -0.39 is 0 Å². The highest BCUT2D eigenvalue weighted by Gasteiger charge is 2.18. The van der Waals surface area contributed by atoms with Crippen molar-refractivity contribution < 1.29 is 9.84 Å². The molecule has 1 aliphatic rings. The van der Waals surface area contributed by atoms with Crippen LogP contribution >= 0.6 is 0 Å². The third-order valence-electron chi connectivity index (χ3n) is 3.89. The van der Waals surface area contributed by atoms with Crippen molar-refractivity contribution in [3.05, 3.63) is 85.2 Å². The molecule has 0 saturated heterocycles. The molecule has 0 unspecified atom stereocenters. The number of anilines is 2. The summed E-state index contributed by atoms with van der Waals surface area (Å²) in [7, 11) is 0. The van der Waals surface area contributed by atoms with Crippen LogP contribution in [0, 0.1) is 0 Å². The van der Waals surface area contributed by atoms with Gasteiger partial charge in [-0.05, 0) is 30.3 Å². The summed E-state index contributed by atoms with van der Waals surface area (Å²) in [5.74, 6) is 2.32. The normalized spacial score (nSPS) is 13.3. The van der Waals surface area contributed by atoms with Crippen LogP contribution in [0.4, 0.5) is 11.5 Å². The molecular weight excluding hydrogens is 314 g/mol. The molecule has 1 aliphatic heterocycles. The van der Waals surface area contributed by atoms with E-state index in [0.717, 1.165) is 17.3 Å². The Morgan fingerprint density at radius 3 is 2.40 bits per heavy atom. The van der Waals surface area contributed by atoms with E-state index in [4.69, 9.17) is 4.74 Å². The Bertz CT molecular complexity index is 896. The molecule has 2 heterocycles. The number of rotatable bonds is 4. The molecule has 1 N–H and O–H groups in total. The van der Waals surface area contributed by atoms with Crippen molar-refractivity contribution >= 4 is 11.5 Å². The van der Waals surface area contributed by atoms with Crippen molar-refractivity contribution in [2.45, 2.75) is 0 Å². The van der Waals surface area contributed by atoms with E-state index in [1.165, 1.54) is 0 Å². The SMILES string of the molecule is Oc1ccccc1N1C=CN(c2cccc(Oc3ccccc3)n2)C1. The van der Waals surface area contributed by atoms with Gasteiger partial charge < -0.3 is 19.6 Å². The van der Waals surface area contributed by atoms with Crippen LogP contribution in [-0.2, 0) is 0 Å². The van der Waals surface area contributed by atoms with E-state index in [9.17, 15) is 5.11 Å². The van der Waals surface area contributed by atoms with Gasteiger partial charge >= 0.3 is 0 Å². The zero-order valence-corrected chi connectivity index (χ0v) is 13.5. The monoisotopic (exact) mass is 331 g/mol. The summed E-state index contributed by atoms with van der Waals surface area (Å²) in [6.07, 6.45) is 3.85. The second-order valence-corrected chi connectivity index (χ2v) is 5.62. The summed E-state index contributed by atoms with van der Waals surface area (Å²) in [5.41, 5.74) is 0.762. The number of pyridine rings is 1. The Morgan fingerprint density at radius 1 is 0.800 bits per heavy atom. The van der Waals surface area contributed by atoms with Gasteiger partial charge in [0, 0.05) is 18.5 Å². The topological polar surface area (TPSA) is 48.8 Å². The van der Waals surface area contributed by atoms with Crippen molar-refractivity contribution in [3.8, 4) is 17.4 Å². The summed E-state index contributed by atoms with van der Waals surface area (Å²) < 4.78 is 5.79. The minimum absolute atomic E-state index is 0.253. The fourth-order valence-electron chi connectivity index (χ4n) is 2.66. The van der Waals surface area contributed by atoms with E-state index in [0.29, 0.717) is 12.5 Å². The van der Waals surface area contributed by atoms with E-state index in [2.05, 4.69) is 4.98 Å². The number of phenolic OH excluding ortho intramolecular Hbond substituents is 1. The first-order valence-corrected chi connectivity index (χ1v) is 7.99. The number of hydrogen-bond acceptors (Lipinski definition) is 5. The lowest BCUT2D eigenvalue weighted by molar-refractivity contribution is 0.463. The number of aromatic hydroxyl groups is 1. The summed E-state index contributed by atoms with van der Waals surface area (Å²) in [6.45, 7) is 0.569. The molecule has 25 heavy (non-hydrogen) atoms. The molecule has 0 aliphatic carbocycles. The smallest absolute Gasteiger partial charge is 0.221 e. The van der Waals surface area contributed by atoms with E-state index in [1.54, 1.807) is 6.07 Å². The largest absolute Gasteiger partial charge is 0.506 e. The summed E-state index contributed by atoms with van der Waals surface area (Å²) in [6, 6.07) is 22.5. The minimum Gasteiger partial charge on any atom is -0.506 e. The maximum Gasteiger partial charge on any atom is 0.221 e. The van der Waals surface area contributed by atoms with Crippen LogP contribution in [-0.4, -0.2) is 16.8 Å². The van der Waals surface area contributed by atoms with Gasteiger partial charge in [-0.2, -0.15) is 4.98 Å². The molecule has 0 radical (unpaired) electrons. The Labute approximate surface area is 146 Å². The zero-order valence-electron chi connectivity index (χ0n) is 13.5. The van der Waals surface area contributed by atoms with Gasteiger partial charge in [-0.3, -0.25) is 0 Å². The second kappa shape index (κ2) is 6.57. The van der Waals surface area contributed by atoms with Crippen LogP contribution in [0.1, 0.15) is 0 Å². The van der Waals surface area contributed by atoms with E-state index in [1.807, 2.05) is 88.9 Å².